The van der Waals surface area contributed by atoms with Gasteiger partial charge in [0, 0.05) is 29.7 Å². The average molecular weight is 227 g/mol. The molecule has 0 amide bonds. The monoisotopic (exact) mass is 227 g/mol. The van der Waals surface area contributed by atoms with Crippen LogP contribution in [-0.4, -0.2) is 9.55 Å². The first-order valence-electron chi connectivity index (χ1n) is 6.14. The minimum atomic E-state index is 0.740. The minimum Gasteiger partial charge on any atom is -0.399 e. The van der Waals surface area contributed by atoms with Crippen molar-refractivity contribution in [2.24, 2.45) is 5.92 Å². The maximum Gasteiger partial charge on any atom is 0.140 e. The topological polar surface area (TPSA) is 43.8 Å². The number of hydrogen-bond acceptors (Lipinski definition) is 2. The molecular formula is C14H17N3. The Morgan fingerprint density at radius 3 is 2.82 bits per heavy atom. The second-order valence-corrected chi connectivity index (χ2v) is 4.95. The predicted octanol–water partition coefficient (Wildman–Crippen LogP) is 2.71. The number of aryl methyl sites for hydroxylation is 1. The Kier molecular flexibility index (Phi) is 2.39. The Hall–Kier alpha value is -1.77. The lowest BCUT2D eigenvalue weighted by molar-refractivity contribution is 0.402. The molecule has 1 aliphatic rings. The summed E-state index contributed by atoms with van der Waals surface area (Å²) in [7, 11) is 0. The van der Waals surface area contributed by atoms with Crippen molar-refractivity contribution in [1.29, 1.82) is 0 Å². The van der Waals surface area contributed by atoms with Gasteiger partial charge in [-0.2, -0.15) is 0 Å². The van der Waals surface area contributed by atoms with Crippen LogP contribution in [-0.2, 0) is 13.0 Å². The molecule has 1 unspecified atom stereocenters. The van der Waals surface area contributed by atoms with Gasteiger partial charge in [0.2, 0.25) is 0 Å². The van der Waals surface area contributed by atoms with Gasteiger partial charge in [-0.3, -0.25) is 0 Å². The maximum atomic E-state index is 5.71. The lowest BCUT2D eigenvalue weighted by Gasteiger charge is -2.22. The molecule has 0 bridgehead atoms. The Balaban J connectivity index is 2.04. The fraction of sp³-hybridized carbons (Fsp3) is 0.357. The molecule has 0 saturated heterocycles. The van der Waals surface area contributed by atoms with E-state index in [1.54, 1.807) is 0 Å². The first-order chi connectivity index (χ1) is 8.24. The molecule has 17 heavy (non-hydrogen) atoms. The molecule has 3 nitrogen and oxygen atoms in total. The summed E-state index contributed by atoms with van der Waals surface area (Å²) in [6.45, 7) is 3.38. The van der Waals surface area contributed by atoms with Crippen LogP contribution < -0.4 is 5.73 Å². The van der Waals surface area contributed by atoms with Gasteiger partial charge in [0.25, 0.3) is 0 Å². The van der Waals surface area contributed by atoms with Gasteiger partial charge >= 0.3 is 0 Å². The lowest BCUT2D eigenvalue weighted by atomic mass is 10.00. The number of nitrogens with two attached hydrogens (primary N) is 1. The van der Waals surface area contributed by atoms with E-state index in [1.807, 2.05) is 30.5 Å². The van der Waals surface area contributed by atoms with E-state index < -0.39 is 0 Å². The summed E-state index contributed by atoms with van der Waals surface area (Å²) in [6.07, 6.45) is 4.42. The van der Waals surface area contributed by atoms with Gasteiger partial charge in [-0.25, -0.2) is 4.98 Å². The van der Waals surface area contributed by atoms with E-state index in [4.69, 9.17) is 5.73 Å². The fourth-order valence-corrected chi connectivity index (χ4v) is 2.47. The van der Waals surface area contributed by atoms with E-state index in [-0.39, 0.29) is 0 Å². The second-order valence-electron chi connectivity index (χ2n) is 4.95. The molecule has 0 aliphatic carbocycles. The summed E-state index contributed by atoms with van der Waals surface area (Å²) in [5, 5.41) is 0. The number of benzene rings is 1. The number of nitrogen functional groups attached to an aromatic ring is 1. The van der Waals surface area contributed by atoms with Gasteiger partial charge in [-0.15, -0.1) is 0 Å². The average Bonchev–Trinajstić information content (AvgIpc) is 2.73. The van der Waals surface area contributed by atoms with Crippen LogP contribution in [0.3, 0.4) is 0 Å². The van der Waals surface area contributed by atoms with Crippen LogP contribution in [0.25, 0.3) is 11.4 Å². The smallest absolute Gasteiger partial charge is 0.140 e. The zero-order chi connectivity index (χ0) is 11.8. The van der Waals surface area contributed by atoms with E-state index in [2.05, 4.69) is 16.5 Å². The van der Waals surface area contributed by atoms with E-state index in [9.17, 15) is 0 Å². The van der Waals surface area contributed by atoms with Crippen LogP contribution in [0, 0.1) is 5.92 Å². The van der Waals surface area contributed by atoms with Crippen LogP contribution in [0.4, 0.5) is 5.69 Å². The quantitative estimate of drug-likeness (QED) is 0.761. The third-order valence-corrected chi connectivity index (χ3v) is 3.49. The van der Waals surface area contributed by atoms with Crippen molar-refractivity contribution >= 4 is 5.69 Å². The van der Waals surface area contributed by atoms with E-state index in [0.717, 1.165) is 36.0 Å². The predicted molar refractivity (Wildman–Crippen MR) is 69.6 cm³/mol. The number of rotatable bonds is 1. The molecule has 0 fully saturated rings. The van der Waals surface area contributed by atoms with Crippen molar-refractivity contribution in [3.05, 3.63) is 36.2 Å². The maximum absolute atomic E-state index is 5.71. The number of anilines is 1. The summed E-state index contributed by atoms with van der Waals surface area (Å²) in [6, 6.07) is 7.96. The highest BCUT2D eigenvalue weighted by atomic mass is 15.1. The Morgan fingerprint density at radius 2 is 2.06 bits per heavy atom. The van der Waals surface area contributed by atoms with Gasteiger partial charge in [0.1, 0.15) is 5.82 Å². The third kappa shape index (κ3) is 1.82. The molecule has 3 rings (SSSR count). The second kappa shape index (κ2) is 3.91. The van der Waals surface area contributed by atoms with Gasteiger partial charge in [-0.1, -0.05) is 6.92 Å². The van der Waals surface area contributed by atoms with Gasteiger partial charge in [-0.05, 0) is 43.0 Å². The van der Waals surface area contributed by atoms with Crippen LogP contribution >= 0.6 is 0 Å². The van der Waals surface area contributed by atoms with Gasteiger partial charge < -0.3 is 10.3 Å². The molecule has 2 N–H and O–H groups in total. The van der Waals surface area contributed by atoms with Crippen LogP contribution in [0.1, 0.15) is 19.0 Å². The van der Waals surface area contributed by atoms with Crippen molar-refractivity contribution in [3.63, 3.8) is 0 Å². The van der Waals surface area contributed by atoms with Crippen molar-refractivity contribution in [2.45, 2.75) is 26.3 Å². The Morgan fingerprint density at radius 1 is 1.29 bits per heavy atom. The number of imidazole rings is 1. The standard InChI is InChI=1S/C14H17N3/c1-10-2-7-13-8-16-14(17(13)9-10)11-3-5-12(15)6-4-11/h3-6,8,10H,2,7,9,15H2,1H3. The lowest BCUT2D eigenvalue weighted by Crippen LogP contribution is -2.18. The SMILES string of the molecule is CC1CCc2cnc(-c3ccc(N)cc3)n2C1. The summed E-state index contributed by atoms with van der Waals surface area (Å²) in [5.74, 6) is 1.82. The summed E-state index contributed by atoms with van der Waals surface area (Å²) in [4.78, 5) is 4.55. The molecule has 88 valence electrons. The van der Waals surface area contributed by atoms with Crippen LogP contribution in [0.5, 0.6) is 0 Å². The molecule has 2 heterocycles. The minimum absolute atomic E-state index is 0.740. The zero-order valence-electron chi connectivity index (χ0n) is 10.1. The van der Waals surface area contributed by atoms with Gasteiger partial charge in [0.15, 0.2) is 0 Å². The van der Waals surface area contributed by atoms with Crippen molar-refractivity contribution in [3.8, 4) is 11.4 Å². The molecule has 1 aromatic heterocycles. The Bertz CT molecular complexity index is 525. The van der Waals surface area contributed by atoms with E-state index in [1.165, 1.54) is 12.1 Å². The van der Waals surface area contributed by atoms with Crippen LogP contribution in [0.2, 0.25) is 0 Å². The zero-order valence-corrected chi connectivity index (χ0v) is 10.1. The van der Waals surface area contributed by atoms with Crippen molar-refractivity contribution in [2.75, 3.05) is 5.73 Å². The molecule has 0 saturated carbocycles. The molecule has 3 heteroatoms. The van der Waals surface area contributed by atoms with E-state index >= 15 is 0 Å². The number of aromatic nitrogens is 2. The molecule has 0 radical (unpaired) electrons. The van der Waals surface area contributed by atoms with E-state index in [0.29, 0.717) is 0 Å². The molecule has 0 spiro atoms. The summed E-state index contributed by atoms with van der Waals surface area (Å²) >= 11 is 0. The Labute approximate surface area is 101 Å². The van der Waals surface area contributed by atoms with Crippen molar-refractivity contribution in [1.82, 2.24) is 9.55 Å². The number of fused-ring (bicyclic) bond motifs is 1. The highest BCUT2D eigenvalue weighted by Gasteiger charge is 2.18. The highest BCUT2D eigenvalue weighted by Crippen LogP contribution is 2.27. The highest BCUT2D eigenvalue weighted by molar-refractivity contribution is 5.59. The molecule has 2 aromatic rings. The fourth-order valence-electron chi connectivity index (χ4n) is 2.47. The first kappa shape index (κ1) is 10.4. The number of nitrogens with zero attached hydrogens (tertiary/aromatic N) is 2. The molecule has 1 aromatic carbocycles. The van der Waals surface area contributed by atoms with Gasteiger partial charge in [0.05, 0.1) is 0 Å². The normalized spacial score (nSPS) is 19.0. The first-order valence-corrected chi connectivity index (χ1v) is 6.14. The van der Waals surface area contributed by atoms with Crippen molar-refractivity contribution < 1.29 is 0 Å². The molecular weight excluding hydrogens is 210 g/mol. The molecule has 1 aliphatic heterocycles. The number of hydrogen-bond donors (Lipinski definition) is 1. The summed E-state index contributed by atoms with van der Waals surface area (Å²) in [5.41, 5.74) is 9.02. The molecule has 1 atom stereocenters. The third-order valence-electron chi connectivity index (χ3n) is 3.49. The largest absolute Gasteiger partial charge is 0.399 e. The summed E-state index contributed by atoms with van der Waals surface area (Å²) < 4.78 is 2.35. The van der Waals surface area contributed by atoms with Crippen LogP contribution in [0.15, 0.2) is 30.5 Å².